The lowest BCUT2D eigenvalue weighted by Crippen LogP contribution is -2.30. The summed E-state index contributed by atoms with van der Waals surface area (Å²) in [6.45, 7) is 6.48. The average molecular weight is 801 g/mol. The van der Waals surface area contributed by atoms with E-state index in [1.165, 1.54) is 141 Å². The minimum atomic E-state index is -0.791. The fourth-order valence-corrected chi connectivity index (χ4v) is 7.00. The fourth-order valence-electron chi connectivity index (χ4n) is 7.00. The Kier molecular flexibility index (Phi) is 44.4. The quantitative estimate of drug-likeness (QED) is 0.0264. The first kappa shape index (κ1) is 54.6. The molecule has 0 radical (unpaired) electrons. The van der Waals surface area contributed by atoms with Crippen molar-refractivity contribution in [3.63, 3.8) is 0 Å². The van der Waals surface area contributed by atoms with Crippen molar-refractivity contribution >= 4 is 17.9 Å². The van der Waals surface area contributed by atoms with Crippen molar-refractivity contribution in [2.45, 2.75) is 258 Å². The highest BCUT2D eigenvalue weighted by Crippen LogP contribution is 2.16. The number of hydrogen-bond donors (Lipinski definition) is 0. The molecular weight excluding hydrogens is 709 g/mol. The van der Waals surface area contributed by atoms with E-state index < -0.39 is 6.10 Å². The predicted molar refractivity (Wildman–Crippen MR) is 242 cm³/mol. The van der Waals surface area contributed by atoms with Crippen LogP contribution in [-0.2, 0) is 28.6 Å². The first-order valence-electron chi connectivity index (χ1n) is 24.5. The first-order chi connectivity index (χ1) is 28.0. The van der Waals surface area contributed by atoms with Crippen LogP contribution in [0.25, 0.3) is 0 Å². The molecule has 0 aliphatic carbocycles. The molecule has 0 aliphatic heterocycles. The largest absolute Gasteiger partial charge is 0.462 e. The van der Waals surface area contributed by atoms with Crippen molar-refractivity contribution in [1.29, 1.82) is 0 Å². The van der Waals surface area contributed by atoms with E-state index in [0.29, 0.717) is 19.3 Å². The second kappa shape index (κ2) is 46.3. The molecule has 0 bridgehead atoms. The van der Waals surface area contributed by atoms with E-state index in [-0.39, 0.29) is 37.5 Å². The molecule has 6 nitrogen and oxygen atoms in total. The van der Waals surface area contributed by atoms with Crippen molar-refractivity contribution in [1.82, 2.24) is 0 Å². The molecule has 0 aromatic carbocycles. The van der Waals surface area contributed by atoms with Crippen LogP contribution < -0.4 is 0 Å². The van der Waals surface area contributed by atoms with Crippen LogP contribution in [0.15, 0.2) is 36.5 Å². The van der Waals surface area contributed by atoms with Gasteiger partial charge >= 0.3 is 17.9 Å². The number of carbonyl (C=O) groups is 3. The zero-order chi connectivity index (χ0) is 41.5. The van der Waals surface area contributed by atoms with Crippen molar-refractivity contribution < 1.29 is 28.6 Å². The Balaban J connectivity index is 4.33. The maximum absolute atomic E-state index is 12.7. The molecule has 1 atom stereocenters. The van der Waals surface area contributed by atoms with Gasteiger partial charge in [-0.25, -0.2) is 0 Å². The highest BCUT2D eigenvalue weighted by atomic mass is 16.6. The van der Waals surface area contributed by atoms with Crippen LogP contribution >= 0.6 is 0 Å². The van der Waals surface area contributed by atoms with Gasteiger partial charge in [-0.15, -0.1) is 0 Å². The van der Waals surface area contributed by atoms with Crippen LogP contribution in [0.2, 0.25) is 0 Å². The average Bonchev–Trinajstić information content (AvgIpc) is 3.21. The maximum atomic E-state index is 12.7. The third-order valence-corrected chi connectivity index (χ3v) is 10.7. The summed E-state index contributed by atoms with van der Waals surface area (Å²) in [6.07, 6.45) is 52.8. The van der Waals surface area contributed by atoms with Crippen molar-refractivity contribution in [3.8, 4) is 0 Å². The Bertz CT molecular complexity index is 969. The zero-order valence-electron chi connectivity index (χ0n) is 37.9. The van der Waals surface area contributed by atoms with E-state index in [1.807, 2.05) is 0 Å². The summed E-state index contributed by atoms with van der Waals surface area (Å²) in [5.74, 6) is -0.936. The van der Waals surface area contributed by atoms with Gasteiger partial charge < -0.3 is 14.2 Å². The zero-order valence-corrected chi connectivity index (χ0v) is 37.9. The molecule has 6 heteroatoms. The lowest BCUT2D eigenvalue weighted by Gasteiger charge is -2.18. The lowest BCUT2D eigenvalue weighted by molar-refractivity contribution is -0.167. The molecule has 0 N–H and O–H groups in total. The van der Waals surface area contributed by atoms with Crippen molar-refractivity contribution in [3.05, 3.63) is 36.5 Å². The molecule has 1 unspecified atom stereocenters. The molecule has 0 saturated carbocycles. The van der Waals surface area contributed by atoms with Crippen LogP contribution in [0.1, 0.15) is 252 Å². The molecule has 332 valence electrons. The maximum Gasteiger partial charge on any atom is 0.306 e. The van der Waals surface area contributed by atoms with Gasteiger partial charge in [0.05, 0.1) is 0 Å². The summed E-state index contributed by atoms with van der Waals surface area (Å²) < 4.78 is 16.7. The van der Waals surface area contributed by atoms with Crippen LogP contribution in [0.4, 0.5) is 0 Å². The van der Waals surface area contributed by atoms with E-state index >= 15 is 0 Å². The van der Waals surface area contributed by atoms with Gasteiger partial charge in [0.1, 0.15) is 13.2 Å². The Morgan fingerprint density at radius 3 is 1.05 bits per heavy atom. The molecule has 0 heterocycles. The van der Waals surface area contributed by atoms with Crippen molar-refractivity contribution in [2.75, 3.05) is 13.2 Å². The highest BCUT2D eigenvalue weighted by molar-refractivity contribution is 5.71. The molecule has 0 rings (SSSR count). The predicted octanol–water partition coefficient (Wildman–Crippen LogP) is 15.8. The number of allylic oxidation sites excluding steroid dienone is 6. The van der Waals surface area contributed by atoms with Crippen LogP contribution in [0.3, 0.4) is 0 Å². The lowest BCUT2D eigenvalue weighted by atomic mass is 10.0. The molecule has 0 aliphatic rings. The van der Waals surface area contributed by atoms with E-state index in [1.54, 1.807) is 0 Å². The fraction of sp³-hybridized carbons (Fsp3) is 0.824. The molecule has 0 amide bonds. The topological polar surface area (TPSA) is 78.9 Å². The Labute approximate surface area is 353 Å². The van der Waals surface area contributed by atoms with Gasteiger partial charge in [-0.05, 0) is 44.9 Å². The SMILES string of the molecule is CC/C=C\C/C=C\C/C=C\CCCC(=O)OC(COC(=O)CCCCCCCCCCCCC)COC(=O)CCCCCCCCCCCCCCCCCCC. The summed E-state index contributed by atoms with van der Waals surface area (Å²) in [7, 11) is 0. The normalized spacial score (nSPS) is 12.3. The number of unbranched alkanes of at least 4 members (excludes halogenated alkanes) is 27. The number of hydrogen-bond acceptors (Lipinski definition) is 6. The molecular formula is C51H92O6. The smallest absolute Gasteiger partial charge is 0.306 e. The summed E-state index contributed by atoms with van der Waals surface area (Å²) >= 11 is 0. The summed E-state index contributed by atoms with van der Waals surface area (Å²) in [4.78, 5) is 37.8. The Morgan fingerprint density at radius 1 is 0.368 bits per heavy atom. The van der Waals surface area contributed by atoms with Crippen LogP contribution in [0, 0.1) is 0 Å². The molecule has 0 aromatic rings. The molecule has 0 fully saturated rings. The second-order valence-electron chi connectivity index (χ2n) is 16.4. The van der Waals surface area contributed by atoms with Gasteiger partial charge in [-0.2, -0.15) is 0 Å². The van der Waals surface area contributed by atoms with Crippen molar-refractivity contribution in [2.24, 2.45) is 0 Å². The number of ether oxygens (including phenoxy) is 3. The molecule has 0 saturated heterocycles. The van der Waals surface area contributed by atoms with Gasteiger partial charge in [-0.1, -0.05) is 224 Å². The summed E-state index contributed by atoms with van der Waals surface area (Å²) in [6, 6.07) is 0. The molecule has 0 spiro atoms. The standard InChI is InChI=1S/C51H92O6/c1-4-7-10-13-16-19-22-23-24-25-26-27-30-32-35-38-41-44-50(53)56-47-48(57-51(54)45-42-39-36-33-29-21-18-15-12-9-6-3)46-55-49(52)43-40-37-34-31-28-20-17-14-11-8-5-2/h9,12,18,21,33,36,48H,4-8,10-11,13-17,19-20,22-32,34-35,37-47H2,1-3H3/b12-9-,21-18-,36-33-. The van der Waals surface area contributed by atoms with Gasteiger partial charge in [0, 0.05) is 19.3 Å². The Morgan fingerprint density at radius 2 is 0.684 bits per heavy atom. The van der Waals surface area contributed by atoms with Gasteiger partial charge in [-0.3, -0.25) is 14.4 Å². The van der Waals surface area contributed by atoms with Crippen LogP contribution in [-0.4, -0.2) is 37.2 Å². The van der Waals surface area contributed by atoms with Crippen LogP contribution in [0.5, 0.6) is 0 Å². The molecule has 0 aromatic heterocycles. The summed E-state index contributed by atoms with van der Waals surface area (Å²) in [5, 5.41) is 0. The minimum Gasteiger partial charge on any atom is -0.462 e. The monoisotopic (exact) mass is 801 g/mol. The summed E-state index contributed by atoms with van der Waals surface area (Å²) in [5.41, 5.74) is 0. The first-order valence-corrected chi connectivity index (χ1v) is 24.5. The molecule has 57 heavy (non-hydrogen) atoms. The third kappa shape index (κ3) is 44.6. The highest BCUT2D eigenvalue weighted by Gasteiger charge is 2.19. The minimum absolute atomic E-state index is 0.0884. The number of carbonyl (C=O) groups excluding carboxylic acids is 3. The third-order valence-electron chi connectivity index (χ3n) is 10.7. The number of esters is 3. The van der Waals surface area contributed by atoms with E-state index in [4.69, 9.17) is 14.2 Å². The van der Waals surface area contributed by atoms with E-state index in [2.05, 4.69) is 57.2 Å². The van der Waals surface area contributed by atoms with E-state index in [0.717, 1.165) is 64.2 Å². The number of rotatable bonds is 44. The van der Waals surface area contributed by atoms with Gasteiger partial charge in [0.2, 0.25) is 0 Å². The Hall–Kier alpha value is -2.37. The van der Waals surface area contributed by atoms with Gasteiger partial charge in [0.15, 0.2) is 6.10 Å². The van der Waals surface area contributed by atoms with Gasteiger partial charge in [0.25, 0.3) is 0 Å². The van der Waals surface area contributed by atoms with E-state index in [9.17, 15) is 14.4 Å². The second-order valence-corrected chi connectivity index (χ2v) is 16.4.